The van der Waals surface area contributed by atoms with Crippen LogP contribution in [0.5, 0.6) is 0 Å². The first-order valence-electron chi connectivity index (χ1n) is 16.7. The van der Waals surface area contributed by atoms with Crippen molar-refractivity contribution >= 4 is 45.2 Å². The first-order valence-corrected chi connectivity index (χ1v) is 22.4. The Labute approximate surface area is 290 Å². The van der Waals surface area contributed by atoms with Crippen molar-refractivity contribution in [2.75, 3.05) is 12.8 Å². The molecule has 0 radical (unpaired) electrons. The van der Waals surface area contributed by atoms with Crippen LogP contribution < -0.4 is 11.2 Å². The highest BCUT2D eigenvalue weighted by Crippen LogP contribution is 2.67. The minimum atomic E-state index is -5.53. The van der Waals surface area contributed by atoms with Gasteiger partial charge in [-0.25, -0.2) is 18.2 Å². The number of aliphatic hydroxyl groups excluding tert-OH is 1. The summed E-state index contributed by atoms with van der Waals surface area (Å²) in [4.78, 5) is 57.5. The second-order valence-electron chi connectivity index (χ2n) is 12.0. The number of unbranched alkanes of at least 4 members (excludes halogenated alkanes) is 15. The Kier molecular flexibility index (Phi) is 20.1. The standard InChI is InChI=1S/C29H52BrN2O13P3/c1-2-3-4-5-6-7-8-9-10-11-12-13-14-15-16-17-20-46(36,37)44-48(40,41)45-47(38,39)42-23-26-25(33)21-27(43-26)32-22-24(18-19-30)28(34)31-29(32)35/h18-19,22,25-27,33H,2-17,20-21,23H2,1H3,(H,36,37)(H,38,39)(H,40,41)(H,31,34,35)/b19-18+/t25?,26-,27-/m1/s1. The van der Waals surface area contributed by atoms with Gasteiger partial charge in [0.25, 0.3) is 5.56 Å². The van der Waals surface area contributed by atoms with Crippen molar-refractivity contribution in [3.05, 3.63) is 37.6 Å². The molecular formula is C29H52BrN2O13P3. The van der Waals surface area contributed by atoms with Gasteiger partial charge in [-0.05, 0) is 17.5 Å². The molecule has 1 aromatic rings. The largest absolute Gasteiger partial charge is 0.488 e. The molecule has 0 aliphatic carbocycles. The second-order valence-corrected chi connectivity index (χ2v) is 17.7. The van der Waals surface area contributed by atoms with Crippen LogP contribution in [-0.2, 0) is 31.6 Å². The van der Waals surface area contributed by atoms with E-state index in [-0.39, 0.29) is 18.4 Å². The third kappa shape index (κ3) is 17.5. The van der Waals surface area contributed by atoms with Gasteiger partial charge in [-0.15, -0.1) is 0 Å². The molecule has 1 aliphatic heterocycles. The normalized spacial score (nSPS) is 22.1. The number of phosphoric ester groups is 1. The molecular weight excluding hydrogens is 757 g/mol. The van der Waals surface area contributed by atoms with Crippen molar-refractivity contribution in [1.82, 2.24) is 9.55 Å². The van der Waals surface area contributed by atoms with Crippen molar-refractivity contribution in [2.45, 2.75) is 135 Å². The number of H-pyrrole nitrogens is 1. The van der Waals surface area contributed by atoms with Crippen LogP contribution in [0.15, 0.2) is 20.8 Å². The fourth-order valence-electron chi connectivity index (χ4n) is 5.34. The lowest BCUT2D eigenvalue weighted by molar-refractivity contribution is -0.0450. The molecule has 1 aromatic heterocycles. The molecule has 1 saturated heterocycles. The molecule has 1 fully saturated rings. The number of aromatic nitrogens is 2. The summed E-state index contributed by atoms with van der Waals surface area (Å²) in [5, 5.41) is 10.3. The van der Waals surface area contributed by atoms with E-state index in [1.165, 1.54) is 81.5 Å². The molecule has 6 atom stereocenters. The number of aliphatic hydroxyl groups is 1. The average Bonchev–Trinajstić information content (AvgIpc) is 3.36. The van der Waals surface area contributed by atoms with Crippen molar-refractivity contribution in [3.8, 4) is 0 Å². The van der Waals surface area contributed by atoms with Gasteiger partial charge in [0.1, 0.15) is 12.3 Å². The Morgan fingerprint density at radius 3 is 1.92 bits per heavy atom. The van der Waals surface area contributed by atoms with E-state index in [1.807, 2.05) is 0 Å². The van der Waals surface area contributed by atoms with Crippen LogP contribution in [0.1, 0.15) is 128 Å². The van der Waals surface area contributed by atoms with Gasteiger partial charge in [-0.2, -0.15) is 4.31 Å². The van der Waals surface area contributed by atoms with E-state index in [1.54, 1.807) is 0 Å². The first-order chi connectivity index (χ1) is 22.7. The molecule has 0 bridgehead atoms. The lowest BCUT2D eigenvalue weighted by Crippen LogP contribution is -2.33. The molecule has 0 saturated carbocycles. The second kappa shape index (κ2) is 22.3. The lowest BCUT2D eigenvalue weighted by atomic mass is 10.0. The van der Waals surface area contributed by atoms with Crippen LogP contribution >= 0.6 is 39.2 Å². The number of rotatable bonds is 26. The van der Waals surface area contributed by atoms with Crippen molar-refractivity contribution in [1.29, 1.82) is 0 Å². The molecule has 278 valence electrons. The molecule has 15 nitrogen and oxygen atoms in total. The zero-order chi connectivity index (χ0) is 35.6. The fraction of sp³-hybridized carbons (Fsp3) is 0.793. The van der Waals surface area contributed by atoms with Crippen LogP contribution in [0.2, 0.25) is 0 Å². The average molecular weight is 810 g/mol. The van der Waals surface area contributed by atoms with Crippen molar-refractivity contribution < 1.29 is 51.4 Å². The summed E-state index contributed by atoms with van der Waals surface area (Å²) >= 11 is 3.03. The minimum Gasteiger partial charge on any atom is -0.390 e. The fourth-order valence-corrected chi connectivity index (χ4v) is 9.81. The number of aromatic amines is 1. The molecule has 2 heterocycles. The van der Waals surface area contributed by atoms with E-state index < -0.39 is 65.7 Å². The van der Waals surface area contributed by atoms with E-state index in [4.69, 9.17) is 4.74 Å². The van der Waals surface area contributed by atoms with Gasteiger partial charge in [0.15, 0.2) is 0 Å². The van der Waals surface area contributed by atoms with E-state index in [0.717, 1.165) is 30.3 Å². The SMILES string of the molecule is CCCCCCCCCCCCCCCCCCP(=O)(O)OP(=O)(O)OP(=O)(O)OC[C@H]1O[C@@H](n2cc(/C=C/Br)c(=O)[nH]c2=O)CC1O. The topological polar surface area (TPSA) is 224 Å². The van der Waals surface area contributed by atoms with Gasteiger partial charge in [-0.1, -0.05) is 119 Å². The van der Waals surface area contributed by atoms with E-state index in [9.17, 15) is 43.1 Å². The Balaban J connectivity index is 1.65. The molecule has 19 heteroatoms. The Morgan fingerprint density at radius 2 is 1.40 bits per heavy atom. The van der Waals surface area contributed by atoms with E-state index >= 15 is 0 Å². The summed E-state index contributed by atoms with van der Waals surface area (Å²) in [5.74, 6) is 0. The molecule has 48 heavy (non-hydrogen) atoms. The third-order valence-corrected chi connectivity index (χ3v) is 13.0. The molecule has 1 aliphatic rings. The molecule has 5 N–H and O–H groups in total. The number of ether oxygens (including phenoxy) is 1. The molecule has 0 spiro atoms. The van der Waals surface area contributed by atoms with E-state index in [0.29, 0.717) is 6.42 Å². The molecule has 4 unspecified atom stereocenters. The number of halogens is 1. The Hall–Kier alpha value is -0.730. The van der Waals surface area contributed by atoms with Gasteiger partial charge in [0.05, 0.1) is 24.4 Å². The van der Waals surface area contributed by atoms with Crippen molar-refractivity contribution in [2.24, 2.45) is 0 Å². The number of phosphoric acid groups is 2. The summed E-state index contributed by atoms with van der Waals surface area (Å²) in [6.07, 6.45) is 16.1. The number of hydrogen-bond acceptors (Lipinski definition) is 10. The third-order valence-electron chi connectivity index (χ3n) is 7.89. The number of nitrogens with zero attached hydrogens (tertiary/aromatic N) is 1. The highest BCUT2D eigenvalue weighted by atomic mass is 79.9. The number of hydrogen-bond donors (Lipinski definition) is 5. The smallest absolute Gasteiger partial charge is 0.390 e. The van der Waals surface area contributed by atoms with Crippen molar-refractivity contribution in [3.63, 3.8) is 0 Å². The number of nitrogens with one attached hydrogen (secondary N) is 1. The van der Waals surface area contributed by atoms with Crippen LogP contribution in [-0.4, -0.2) is 54.3 Å². The maximum atomic E-state index is 12.4. The summed E-state index contributed by atoms with van der Waals surface area (Å²) in [7, 11) is -15.5. The quantitative estimate of drug-likeness (QED) is 0.0460. The highest BCUT2D eigenvalue weighted by molar-refractivity contribution is 9.11. The van der Waals surface area contributed by atoms with Gasteiger partial charge >= 0.3 is 28.9 Å². The summed E-state index contributed by atoms with van der Waals surface area (Å²) < 4.78 is 56.7. The molecule has 2 rings (SSSR count). The van der Waals surface area contributed by atoms with Crippen LogP contribution in [0.25, 0.3) is 6.08 Å². The summed E-state index contributed by atoms with van der Waals surface area (Å²) in [6, 6.07) is 0. The minimum absolute atomic E-state index is 0.104. The predicted molar refractivity (Wildman–Crippen MR) is 186 cm³/mol. The monoisotopic (exact) mass is 808 g/mol. The van der Waals surface area contributed by atoms with Gasteiger partial charge in [0, 0.05) is 12.6 Å². The Morgan fingerprint density at radius 1 is 0.875 bits per heavy atom. The van der Waals surface area contributed by atoms with Crippen LogP contribution in [0.3, 0.4) is 0 Å². The van der Waals surface area contributed by atoms with E-state index in [2.05, 4.69) is 41.0 Å². The maximum absolute atomic E-state index is 12.4. The molecule has 0 amide bonds. The first kappa shape index (κ1) is 43.4. The molecule has 0 aromatic carbocycles. The van der Waals surface area contributed by atoms with Gasteiger partial charge < -0.3 is 24.5 Å². The Bertz CT molecular complexity index is 1390. The summed E-state index contributed by atoms with van der Waals surface area (Å²) in [5.41, 5.74) is -1.38. The van der Waals surface area contributed by atoms with Gasteiger partial charge in [0.2, 0.25) is 0 Å². The zero-order valence-corrected chi connectivity index (χ0v) is 31.8. The summed E-state index contributed by atoms with van der Waals surface area (Å²) in [6.45, 7) is 1.40. The maximum Gasteiger partial charge on any atom is 0.488 e. The highest BCUT2D eigenvalue weighted by Gasteiger charge is 2.43. The van der Waals surface area contributed by atoms with Crippen LogP contribution in [0.4, 0.5) is 0 Å². The zero-order valence-electron chi connectivity index (χ0n) is 27.5. The lowest BCUT2D eigenvalue weighted by Gasteiger charge is -2.20. The predicted octanol–water partition coefficient (Wildman–Crippen LogP) is 7.25. The van der Waals surface area contributed by atoms with Crippen LogP contribution in [0, 0.1) is 0 Å². The van der Waals surface area contributed by atoms with Gasteiger partial charge in [-0.3, -0.25) is 23.4 Å².